The van der Waals surface area contributed by atoms with Gasteiger partial charge < -0.3 is 15.5 Å². The lowest BCUT2D eigenvalue weighted by Gasteiger charge is -2.25. The number of nitrogens with one attached hydrogen (secondary N) is 2. The molecule has 2 heterocycles. The van der Waals surface area contributed by atoms with Gasteiger partial charge in [0.2, 0.25) is 5.91 Å². The molecule has 1 amide bonds. The first-order valence-corrected chi connectivity index (χ1v) is 7.27. The highest BCUT2D eigenvalue weighted by Gasteiger charge is 2.25. The van der Waals surface area contributed by atoms with Crippen LogP contribution in [-0.4, -0.2) is 48.8 Å². The van der Waals surface area contributed by atoms with Gasteiger partial charge in [-0.25, -0.2) is 0 Å². The summed E-state index contributed by atoms with van der Waals surface area (Å²) in [6.45, 7) is 2.55. The van der Waals surface area contributed by atoms with Crippen molar-refractivity contribution < 1.29 is 4.79 Å². The van der Waals surface area contributed by atoms with E-state index in [0.29, 0.717) is 19.0 Å². The molecule has 0 spiro atoms. The average Bonchev–Trinajstić information content (AvgIpc) is 2.95. The van der Waals surface area contributed by atoms with Gasteiger partial charge in [-0.05, 0) is 45.0 Å². The van der Waals surface area contributed by atoms with Crippen LogP contribution in [0.15, 0.2) is 18.3 Å². The van der Waals surface area contributed by atoms with Gasteiger partial charge >= 0.3 is 0 Å². The van der Waals surface area contributed by atoms with Crippen LogP contribution in [0.1, 0.15) is 25.7 Å². The first-order valence-electron chi connectivity index (χ1n) is 7.27. The lowest BCUT2D eigenvalue weighted by molar-refractivity contribution is -0.121. The van der Waals surface area contributed by atoms with E-state index in [0.717, 1.165) is 38.2 Å². The number of rotatable bonds is 7. The molecule has 1 fully saturated rings. The Morgan fingerprint density at radius 3 is 3.20 bits per heavy atom. The van der Waals surface area contributed by atoms with E-state index in [1.165, 1.54) is 0 Å². The normalized spacial score (nSPS) is 18.2. The third-order valence-electron chi connectivity index (χ3n) is 3.60. The van der Waals surface area contributed by atoms with E-state index in [9.17, 15) is 4.79 Å². The van der Waals surface area contributed by atoms with Crippen molar-refractivity contribution >= 4 is 11.7 Å². The quantitative estimate of drug-likeness (QED) is 0.713. The van der Waals surface area contributed by atoms with E-state index in [2.05, 4.69) is 25.7 Å². The second kappa shape index (κ2) is 7.79. The zero-order chi connectivity index (χ0) is 14.2. The summed E-state index contributed by atoms with van der Waals surface area (Å²) in [4.78, 5) is 14.0. The number of aromatic nitrogens is 2. The molecule has 6 heteroatoms. The van der Waals surface area contributed by atoms with E-state index < -0.39 is 0 Å². The van der Waals surface area contributed by atoms with E-state index >= 15 is 0 Å². The Labute approximate surface area is 120 Å². The van der Waals surface area contributed by atoms with Crippen molar-refractivity contribution in [2.75, 3.05) is 31.6 Å². The molecule has 6 nitrogen and oxygen atoms in total. The average molecular weight is 277 g/mol. The van der Waals surface area contributed by atoms with E-state index in [1.54, 1.807) is 6.20 Å². The minimum atomic E-state index is 0.131. The highest BCUT2D eigenvalue weighted by atomic mass is 16.1. The minimum Gasteiger partial charge on any atom is -0.354 e. The van der Waals surface area contributed by atoms with E-state index in [1.807, 2.05) is 19.2 Å². The Bertz CT molecular complexity index is 411. The van der Waals surface area contributed by atoms with Crippen LogP contribution < -0.4 is 15.5 Å². The second-order valence-electron chi connectivity index (χ2n) is 5.08. The summed E-state index contributed by atoms with van der Waals surface area (Å²) in [6, 6.07) is 4.20. The molecule has 1 saturated heterocycles. The predicted molar refractivity (Wildman–Crippen MR) is 78.6 cm³/mol. The predicted octanol–water partition coefficient (Wildman–Crippen LogP) is 0.561. The highest BCUT2D eigenvalue weighted by molar-refractivity contribution is 5.75. The van der Waals surface area contributed by atoms with Gasteiger partial charge in [-0.1, -0.05) is 0 Å². The SMILES string of the molecule is CNCCCC(=O)NCC1CCCN1c1cccnn1. The van der Waals surface area contributed by atoms with Gasteiger partial charge in [-0.3, -0.25) is 4.79 Å². The first-order chi connectivity index (χ1) is 9.81. The Morgan fingerprint density at radius 2 is 2.45 bits per heavy atom. The number of carbonyl (C=O) groups is 1. The van der Waals surface area contributed by atoms with Gasteiger partial charge in [0.05, 0.1) is 0 Å². The van der Waals surface area contributed by atoms with Crippen molar-refractivity contribution in [2.24, 2.45) is 0 Å². The number of hydrogen-bond donors (Lipinski definition) is 2. The molecule has 1 aromatic heterocycles. The molecular weight excluding hydrogens is 254 g/mol. The van der Waals surface area contributed by atoms with Crippen molar-refractivity contribution in [3.8, 4) is 0 Å². The maximum atomic E-state index is 11.7. The van der Waals surface area contributed by atoms with Crippen molar-refractivity contribution in [3.63, 3.8) is 0 Å². The van der Waals surface area contributed by atoms with Crippen LogP contribution in [0.5, 0.6) is 0 Å². The third kappa shape index (κ3) is 4.16. The summed E-state index contributed by atoms with van der Waals surface area (Å²) in [5, 5.41) is 14.1. The molecule has 1 aliphatic rings. The number of amides is 1. The van der Waals surface area contributed by atoms with Gasteiger partial charge in [0, 0.05) is 31.7 Å². The standard InChI is InChI=1S/C14H23N5O/c1-15-8-3-7-14(20)16-11-12-5-4-10-19(12)13-6-2-9-17-18-13/h2,6,9,12,15H,3-5,7-8,10-11H2,1H3,(H,16,20). The lowest BCUT2D eigenvalue weighted by atomic mass is 10.2. The molecule has 0 radical (unpaired) electrons. The molecule has 1 aromatic rings. The van der Waals surface area contributed by atoms with E-state index in [-0.39, 0.29) is 5.91 Å². The molecule has 20 heavy (non-hydrogen) atoms. The smallest absolute Gasteiger partial charge is 0.220 e. The number of hydrogen-bond acceptors (Lipinski definition) is 5. The molecule has 0 aromatic carbocycles. The number of anilines is 1. The van der Waals surface area contributed by atoms with Gasteiger partial charge in [-0.15, -0.1) is 5.10 Å². The fourth-order valence-corrected chi connectivity index (χ4v) is 2.54. The molecule has 2 N–H and O–H groups in total. The maximum absolute atomic E-state index is 11.7. The fraction of sp³-hybridized carbons (Fsp3) is 0.643. The molecule has 0 bridgehead atoms. The zero-order valence-electron chi connectivity index (χ0n) is 12.0. The molecule has 2 rings (SSSR count). The Hall–Kier alpha value is -1.69. The number of carbonyl (C=O) groups excluding carboxylic acids is 1. The van der Waals surface area contributed by atoms with Crippen LogP contribution in [0.25, 0.3) is 0 Å². The molecule has 1 aliphatic heterocycles. The summed E-state index contributed by atoms with van der Waals surface area (Å²) in [7, 11) is 1.90. The van der Waals surface area contributed by atoms with Crippen molar-refractivity contribution in [1.82, 2.24) is 20.8 Å². The zero-order valence-corrected chi connectivity index (χ0v) is 12.0. The topological polar surface area (TPSA) is 70.2 Å². The molecule has 0 saturated carbocycles. The number of nitrogens with zero attached hydrogens (tertiary/aromatic N) is 3. The molecular formula is C14H23N5O. The summed E-state index contributed by atoms with van der Waals surface area (Å²) in [5.41, 5.74) is 0. The van der Waals surface area contributed by atoms with Gasteiger partial charge in [0.15, 0.2) is 5.82 Å². The summed E-state index contributed by atoms with van der Waals surface area (Å²) >= 11 is 0. The van der Waals surface area contributed by atoms with Crippen LogP contribution in [0.4, 0.5) is 5.82 Å². The van der Waals surface area contributed by atoms with Gasteiger partial charge in [0.1, 0.15) is 0 Å². The molecule has 1 unspecified atom stereocenters. The first kappa shape index (κ1) is 14.7. The Morgan fingerprint density at radius 1 is 1.55 bits per heavy atom. The second-order valence-corrected chi connectivity index (χ2v) is 5.08. The van der Waals surface area contributed by atoms with Crippen LogP contribution in [0, 0.1) is 0 Å². The van der Waals surface area contributed by atoms with E-state index in [4.69, 9.17) is 0 Å². The van der Waals surface area contributed by atoms with Crippen molar-refractivity contribution in [3.05, 3.63) is 18.3 Å². The maximum Gasteiger partial charge on any atom is 0.220 e. The molecule has 0 aliphatic carbocycles. The fourth-order valence-electron chi connectivity index (χ4n) is 2.54. The van der Waals surface area contributed by atoms with Crippen LogP contribution in [-0.2, 0) is 4.79 Å². The van der Waals surface area contributed by atoms with Gasteiger partial charge in [0.25, 0.3) is 0 Å². The Balaban J connectivity index is 1.79. The summed E-state index contributed by atoms with van der Waals surface area (Å²) < 4.78 is 0. The summed E-state index contributed by atoms with van der Waals surface area (Å²) in [5.74, 6) is 1.03. The third-order valence-corrected chi connectivity index (χ3v) is 3.60. The Kier molecular flexibility index (Phi) is 5.73. The van der Waals surface area contributed by atoms with Crippen molar-refractivity contribution in [1.29, 1.82) is 0 Å². The van der Waals surface area contributed by atoms with Crippen molar-refractivity contribution in [2.45, 2.75) is 31.7 Å². The van der Waals surface area contributed by atoms with Crippen LogP contribution in [0.3, 0.4) is 0 Å². The lowest BCUT2D eigenvalue weighted by Crippen LogP contribution is -2.40. The summed E-state index contributed by atoms with van der Waals surface area (Å²) in [6.07, 6.45) is 5.36. The minimum absolute atomic E-state index is 0.131. The molecule has 1 atom stereocenters. The van der Waals surface area contributed by atoms with Crippen LogP contribution >= 0.6 is 0 Å². The largest absolute Gasteiger partial charge is 0.354 e. The van der Waals surface area contributed by atoms with Gasteiger partial charge in [-0.2, -0.15) is 5.10 Å². The highest BCUT2D eigenvalue weighted by Crippen LogP contribution is 2.22. The molecule has 110 valence electrons. The monoisotopic (exact) mass is 277 g/mol. The van der Waals surface area contributed by atoms with Crippen LogP contribution in [0.2, 0.25) is 0 Å².